The number of carbonyl (C=O) groups excluding carboxylic acids is 1. The number of amides is 1. The van der Waals surface area contributed by atoms with E-state index in [0.29, 0.717) is 37.4 Å². The normalized spacial score (nSPS) is 17.1. The average molecular weight is 396 g/mol. The fourth-order valence-electron chi connectivity index (χ4n) is 3.72. The highest BCUT2D eigenvalue weighted by atomic mass is 32.2. The molecule has 27 heavy (non-hydrogen) atoms. The van der Waals surface area contributed by atoms with Crippen molar-refractivity contribution in [2.75, 3.05) is 19.6 Å². The van der Waals surface area contributed by atoms with E-state index in [9.17, 15) is 13.2 Å². The second kappa shape index (κ2) is 8.71. The highest BCUT2D eigenvalue weighted by Crippen LogP contribution is 2.27. The monoisotopic (exact) mass is 395 g/mol. The van der Waals surface area contributed by atoms with Gasteiger partial charge in [0.25, 0.3) is 0 Å². The summed E-state index contributed by atoms with van der Waals surface area (Å²) in [6.07, 6.45) is 2.63. The minimum atomic E-state index is -3.53. The van der Waals surface area contributed by atoms with Crippen LogP contribution in [-0.2, 0) is 14.8 Å². The zero-order valence-corrected chi connectivity index (χ0v) is 17.7. The van der Waals surface area contributed by atoms with Crippen molar-refractivity contribution in [3.05, 3.63) is 29.3 Å². The van der Waals surface area contributed by atoms with Crippen molar-refractivity contribution in [1.82, 2.24) is 9.62 Å². The first-order chi connectivity index (χ1) is 12.7. The largest absolute Gasteiger partial charge is 0.349 e. The lowest BCUT2D eigenvalue weighted by Gasteiger charge is -2.36. The van der Waals surface area contributed by atoms with Gasteiger partial charge in [-0.05, 0) is 51.2 Å². The number of piperidine rings is 1. The van der Waals surface area contributed by atoms with Crippen molar-refractivity contribution in [2.45, 2.75) is 63.8 Å². The van der Waals surface area contributed by atoms with Gasteiger partial charge in [0.2, 0.25) is 15.9 Å². The minimum Gasteiger partial charge on any atom is -0.349 e. The molecule has 0 radical (unpaired) electrons. The van der Waals surface area contributed by atoms with Crippen molar-refractivity contribution < 1.29 is 13.2 Å². The molecule has 1 aromatic rings. The van der Waals surface area contributed by atoms with Gasteiger partial charge in [0.05, 0.1) is 10.4 Å². The van der Waals surface area contributed by atoms with Crippen molar-refractivity contribution in [3.63, 3.8) is 0 Å². The molecule has 7 heteroatoms. The van der Waals surface area contributed by atoms with Crippen LogP contribution < -0.4 is 11.1 Å². The van der Waals surface area contributed by atoms with Crippen molar-refractivity contribution >= 4 is 15.9 Å². The molecule has 0 atom stereocenters. The first-order valence-corrected chi connectivity index (χ1v) is 11.2. The van der Waals surface area contributed by atoms with E-state index in [4.69, 9.17) is 5.73 Å². The summed E-state index contributed by atoms with van der Waals surface area (Å²) in [4.78, 5) is 13.0. The van der Waals surface area contributed by atoms with Crippen molar-refractivity contribution in [1.29, 1.82) is 0 Å². The van der Waals surface area contributed by atoms with E-state index < -0.39 is 10.0 Å². The topological polar surface area (TPSA) is 92.5 Å². The minimum absolute atomic E-state index is 0.00675. The van der Waals surface area contributed by atoms with Gasteiger partial charge in [-0.2, -0.15) is 4.31 Å². The molecular formula is C20H33N3O3S. The Morgan fingerprint density at radius 1 is 1.22 bits per heavy atom. The van der Waals surface area contributed by atoms with E-state index in [1.807, 2.05) is 39.8 Å². The fraction of sp³-hybridized carbons (Fsp3) is 0.650. The number of hydrogen-bond donors (Lipinski definition) is 2. The first-order valence-electron chi connectivity index (χ1n) is 9.78. The molecule has 6 nitrogen and oxygen atoms in total. The Labute approximate surface area is 163 Å². The van der Waals surface area contributed by atoms with Gasteiger partial charge in [0.1, 0.15) is 0 Å². The van der Waals surface area contributed by atoms with Crippen LogP contribution in [0.4, 0.5) is 0 Å². The van der Waals surface area contributed by atoms with E-state index in [0.717, 1.165) is 24.0 Å². The summed E-state index contributed by atoms with van der Waals surface area (Å²) >= 11 is 0. The van der Waals surface area contributed by atoms with E-state index >= 15 is 0 Å². The molecule has 1 fully saturated rings. The number of hydrogen-bond acceptors (Lipinski definition) is 4. The molecule has 1 aliphatic heterocycles. The molecule has 1 heterocycles. The first kappa shape index (κ1) is 21.9. The molecule has 1 amide bonds. The number of nitrogens with zero attached hydrogens (tertiary/aromatic N) is 1. The number of sulfonamides is 1. The third kappa shape index (κ3) is 4.70. The predicted molar refractivity (Wildman–Crippen MR) is 108 cm³/mol. The molecule has 0 bridgehead atoms. The summed E-state index contributed by atoms with van der Waals surface area (Å²) in [5, 5.41) is 3.12. The number of carbonyl (C=O) groups is 1. The van der Waals surface area contributed by atoms with Crippen molar-refractivity contribution in [2.24, 2.45) is 11.7 Å². The molecule has 1 saturated heterocycles. The van der Waals surface area contributed by atoms with Gasteiger partial charge in [-0.1, -0.05) is 31.5 Å². The van der Waals surface area contributed by atoms with Crippen LogP contribution in [0.1, 0.15) is 50.7 Å². The fourth-order valence-corrected chi connectivity index (χ4v) is 5.39. The summed E-state index contributed by atoms with van der Waals surface area (Å²) in [7, 11) is -3.53. The third-order valence-corrected chi connectivity index (χ3v) is 7.96. The zero-order chi connectivity index (χ0) is 20.2. The Kier molecular flexibility index (Phi) is 7.05. The van der Waals surface area contributed by atoms with E-state index in [1.165, 1.54) is 4.31 Å². The molecule has 2 rings (SSSR count). The third-order valence-electron chi connectivity index (χ3n) is 5.91. The van der Waals surface area contributed by atoms with Gasteiger partial charge >= 0.3 is 0 Å². The molecule has 0 aromatic heterocycles. The molecule has 3 N–H and O–H groups in total. The molecule has 0 unspecified atom stereocenters. The maximum atomic E-state index is 13.0. The summed E-state index contributed by atoms with van der Waals surface area (Å²) < 4.78 is 27.4. The summed E-state index contributed by atoms with van der Waals surface area (Å²) in [6.45, 7) is 8.95. The number of rotatable bonds is 7. The zero-order valence-electron chi connectivity index (χ0n) is 16.9. The van der Waals surface area contributed by atoms with Gasteiger partial charge in [-0.3, -0.25) is 4.79 Å². The van der Waals surface area contributed by atoms with Gasteiger partial charge < -0.3 is 11.1 Å². The highest BCUT2D eigenvalue weighted by Gasteiger charge is 2.35. The Bertz CT molecular complexity index is 756. The Hall–Kier alpha value is -1.44. The Morgan fingerprint density at radius 3 is 2.30 bits per heavy atom. The quantitative estimate of drug-likeness (QED) is 0.741. The molecule has 152 valence electrons. The maximum absolute atomic E-state index is 13.0. The van der Waals surface area contributed by atoms with E-state index in [1.54, 1.807) is 6.07 Å². The molecule has 0 spiro atoms. The second-order valence-electron chi connectivity index (χ2n) is 7.63. The Morgan fingerprint density at radius 2 is 1.81 bits per heavy atom. The predicted octanol–water partition coefficient (Wildman–Crippen LogP) is 2.34. The molecule has 0 aliphatic carbocycles. The van der Waals surface area contributed by atoms with Gasteiger partial charge in [0, 0.05) is 25.6 Å². The lowest BCUT2D eigenvalue weighted by Crippen LogP contribution is -2.55. The Balaban J connectivity index is 2.05. The maximum Gasteiger partial charge on any atom is 0.243 e. The molecule has 1 aromatic carbocycles. The SMILES string of the molecule is CCC(CC)(CN)NC(=O)C1CCN(S(=O)(=O)c2ccc(C)cc2C)CC1. The number of benzene rings is 1. The summed E-state index contributed by atoms with van der Waals surface area (Å²) in [5.74, 6) is -0.174. The average Bonchev–Trinajstić information content (AvgIpc) is 2.66. The van der Waals surface area contributed by atoms with Crippen LogP contribution in [0, 0.1) is 19.8 Å². The summed E-state index contributed by atoms with van der Waals surface area (Å²) in [5.41, 5.74) is 7.31. The molecular weight excluding hydrogens is 362 g/mol. The summed E-state index contributed by atoms with van der Waals surface area (Å²) in [6, 6.07) is 5.38. The highest BCUT2D eigenvalue weighted by molar-refractivity contribution is 7.89. The molecule has 0 saturated carbocycles. The van der Waals surface area contributed by atoms with Gasteiger partial charge in [-0.25, -0.2) is 8.42 Å². The number of aryl methyl sites for hydroxylation is 2. The van der Waals surface area contributed by atoms with Crippen LogP contribution in [0.5, 0.6) is 0 Å². The van der Waals surface area contributed by atoms with Crippen LogP contribution in [0.2, 0.25) is 0 Å². The van der Waals surface area contributed by atoms with E-state index in [2.05, 4.69) is 5.32 Å². The lowest BCUT2D eigenvalue weighted by molar-refractivity contribution is -0.128. The lowest BCUT2D eigenvalue weighted by atomic mass is 9.90. The smallest absolute Gasteiger partial charge is 0.243 e. The standard InChI is InChI=1S/C20H33N3O3S/c1-5-20(6-2,14-21)22-19(24)17-9-11-23(12-10-17)27(25,26)18-8-7-15(3)13-16(18)4/h7-8,13,17H,5-6,9-12,14,21H2,1-4H3,(H,22,24). The van der Waals surface area contributed by atoms with Crippen LogP contribution >= 0.6 is 0 Å². The van der Waals surface area contributed by atoms with Crippen LogP contribution in [0.15, 0.2) is 23.1 Å². The van der Waals surface area contributed by atoms with Crippen LogP contribution in [0.3, 0.4) is 0 Å². The van der Waals surface area contributed by atoms with Gasteiger partial charge in [-0.15, -0.1) is 0 Å². The van der Waals surface area contributed by atoms with Crippen LogP contribution in [-0.4, -0.2) is 43.8 Å². The number of nitrogens with one attached hydrogen (secondary N) is 1. The van der Waals surface area contributed by atoms with Gasteiger partial charge in [0.15, 0.2) is 0 Å². The van der Waals surface area contributed by atoms with Crippen LogP contribution in [0.25, 0.3) is 0 Å². The number of nitrogens with two attached hydrogens (primary N) is 1. The van der Waals surface area contributed by atoms with E-state index in [-0.39, 0.29) is 17.4 Å². The second-order valence-corrected chi connectivity index (χ2v) is 9.53. The molecule has 1 aliphatic rings. The van der Waals surface area contributed by atoms with Crippen molar-refractivity contribution in [3.8, 4) is 0 Å².